The number of rotatable bonds is 6. The van der Waals surface area contributed by atoms with Crippen molar-refractivity contribution < 1.29 is 9.53 Å². The number of amides is 1. The first kappa shape index (κ1) is 24.3. The highest BCUT2D eigenvalue weighted by atomic mass is 35.5. The monoisotopic (exact) mass is 428 g/mol. The van der Waals surface area contributed by atoms with E-state index < -0.39 is 0 Å². The Morgan fingerprint density at radius 3 is 2.79 bits per heavy atom. The number of imidazole rings is 1. The fraction of sp³-hybridized carbons (Fsp3) is 0.500. The molecule has 1 aliphatic rings. The van der Waals surface area contributed by atoms with Crippen molar-refractivity contribution in [1.29, 1.82) is 0 Å². The van der Waals surface area contributed by atoms with Gasteiger partial charge in [-0.25, -0.2) is 4.98 Å². The minimum Gasteiger partial charge on any atom is -0.496 e. The summed E-state index contributed by atoms with van der Waals surface area (Å²) in [6.07, 6.45) is 4.24. The summed E-state index contributed by atoms with van der Waals surface area (Å²) >= 11 is 0. The number of benzene rings is 1. The summed E-state index contributed by atoms with van der Waals surface area (Å²) in [5, 5.41) is 3.40. The van der Waals surface area contributed by atoms with Gasteiger partial charge in [-0.2, -0.15) is 0 Å². The Morgan fingerprint density at radius 1 is 1.32 bits per heavy atom. The van der Waals surface area contributed by atoms with Gasteiger partial charge >= 0.3 is 0 Å². The average molecular weight is 429 g/mol. The minimum atomic E-state index is -0.000226. The Labute approximate surface area is 179 Å². The molecule has 2 heterocycles. The second kappa shape index (κ2) is 11.3. The third kappa shape index (κ3) is 5.40. The van der Waals surface area contributed by atoms with Crippen LogP contribution < -0.4 is 10.1 Å². The summed E-state index contributed by atoms with van der Waals surface area (Å²) in [6, 6.07) is 7.95. The van der Waals surface area contributed by atoms with E-state index in [2.05, 4.69) is 28.7 Å². The molecule has 1 atom stereocenters. The van der Waals surface area contributed by atoms with Gasteiger partial charge in [0.25, 0.3) is 0 Å². The Hall–Kier alpha value is -1.76. The van der Waals surface area contributed by atoms with Crippen LogP contribution in [0.3, 0.4) is 0 Å². The zero-order valence-electron chi connectivity index (χ0n) is 16.6. The first-order chi connectivity index (χ1) is 12.6. The lowest BCUT2D eigenvalue weighted by atomic mass is 10.0. The minimum absolute atomic E-state index is 0. The van der Waals surface area contributed by atoms with E-state index in [0.717, 1.165) is 30.2 Å². The van der Waals surface area contributed by atoms with Gasteiger partial charge in [0.1, 0.15) is 11.6 Å². The molecule has 156 valence electrons. The summed E-state index contributed by atoms with van der Waals surface area (Å²) < 4.78 is 7.60. The quantitative estimate of drug-likeness (QED) is 0.765. The van der Waals surface area contributed by atoms with Gasteiger partial charge in [0.05, 0.1) is 13.2 Å². The van der Waals surface area contributed by atoms with Crippen molar-refractivity contribution in [3.05, 3.63) is 48.0 Å². The largest absolute Gasteiger partial charge is 0.496 e. The lowest BCUT2D eigenvalue weighted by molar-refractivity contribution is -0.134. The van der Waals surface area contributed by atoms with Crippen molar-refractivity contribution in [1.82, 2.24) is 19.8 Å². The highest BCUT2D eigenvalue weighted by molar-refractivity contribution is 5.85. The maximum Gasteiger partial charge on any atom is 0.224 e. The summed E-state index contributed by atoms with van der Waals surface area (Å²) in [5.41, 5.74) is 1.06. The van der Waals surface area contributed by atoms with Crippen molar-refractivity contribution >= 4 is 30.7 Å². The number of hydrogen-bond donors (Lipinski definition) is 1. The fourth-order valence-electron chi connectivity index (χ4n) is 3.59. The molecule has 1 fully saturated rings. The van der Waals surface area contributed by atoms with Crippen LogP contribution in [0.5, 0.6) is 5.75 Å². The normalized spacial score (nSPS) is 16.3. The number of methoxy groups -OCH3 is 1. The molecule has 2 aromatic rings. The van der Waals surface area contributed by atoms with Crippen LogP contribution in [0.4, 0.5) is 0 Å². The van der Waals surface area contributed by atoms with Crippen molar-refractivity contribution in [2.75, 3.05) is 26.7 Å². The van der Waals surface area contributed by atoms with Crippen LogP contribution in [0.15, 0.2) is 36.7 Å². The van der Waals surface area contributed by atoms with Crippen LogP contribution in [0.25, 0.3) is 0 Å². The van der Waals surface area contributed by atoms with Crippen molar-refractivity contribution in [3.63, 3.8) is 0 Å². The van der Waals surface area contributed by atoms with E-state index in [1.54, 1.807) is 7.11 Å². The van der Waals surface area contributed by atoms with E-state index in [1.165, 1.54) is 0 Å². The number of halogens is 2. The SMILES string of the molecule is COc1ccccc1C1CNCCN1C(=O)CCn1ccnc1C(C)C.Cl.Cl. The summed E-state index contributed by atoms with van der Waals surface area (Å²) in [6.45, 7) is 7.18. The zero-order valence-corrected chi connectivity index (χ0v) is 18.3. The molecule has 0 spiro atoms. The molecule has 1 N–H and O–H groups in total. The molecular weight excluding hydrogens is 399 g/mol. The Kier molecular flexibility index (Phi) is 9.79. The third-order valence-electron chi connectivity index (χ3n) is 4.89. The number of ether oxygens (including phenoxy) is 1. The van der Waals surface area contributed by atoms with Crippen LogP contribution in [0.2, 0.25) is 0 Å². The molecule has 28 heavy (non-hydrogen) atoms. The topological polar surface area (TPSA) is 59.4 Å². The molecule has 1 saturated heterocycles. The van der Waals surface area contributed by atoms with Gasteiger partial charge in [-0.05, 0) is 6.07 Å². The molecule has 1 aromatic carbocycles. The van der Waals surface area contributed by atoms with E-state index in [4.69, 9.17) is 4.74 Å². The number of carbonyl (C=O) groups is 1. The molecule has 6 nitrogen and oxygen atoms in total. The van der Waals surface area contributed by atoms with E-state index >= 15 is 0 Å². The predicted octanol–water partition coefficient (Wildman–Crippen LogP) is 3.42. The first-order valence-electron chi connectivity index (χ1n) is 9.26. The standard InChI is InChI=1S/C20H28N4O2.2ClH/c1-15(2)20-22-10-12-23(20)11-8-19(25)24-13-9-21-14-17(24)16-6-4-5-7-18(16)26-3;;/h4-7,10,12,15,17,21H,8-9,11,13-14H2,1-3H3;2*1H. The second-order valence-corrected chi connectivity index (χ2v) is 6.93. The number of nitrogens with zero attached hydrogens (tertiary/aromatic N) is 3. The molecular formula is C20H30Cl2N4O2. The van der Waals surface area contributed by atoms with Crippen LogP contribution in [-0.2, 0) is 11.3 Å². The second-order valence-electron chi connectivity index (χ2n) is 6.93. The molecule has 1 aromatic heterocycles. The number of para-hydroxylation sites is 1. The van der Waals surface area contributed by atoms with Crippen LogP contribution >= 0.6 is 24.8 Å². The van der Waals surface area contributed by atoms with Crippen LogP contribution in [-0.4, -0.2) is 47.1 Å². The van der Waals surface area contributed by atoms with E-state index in [9.17, 15) is 4.79 Å². The number of hydrogen-bond acceptors (Lipinski definition) is 4. The van der Waals surface area contributed by atoms with Crippen LogP contribution in [0.1, 0.15) is 43.6 Å². The third-order valence-corrected chi connectivity index (χ3v) is 4.89. The van der Waals surface area contributed by atoms with Gasteiger partial charge in [0.15, 0.2) is 0 Å². The van der Waals surface area contributed by atoms with E-state index in [-0.39, 0.29) is 36.8 Å². The fourth-order valence-corrected chi connectivity index (χ4v) is 3.59. The molecule has 0 radical (unpaired) electrons. The van der Waals surface area contributed by atoms with Gasteiger partial charge in [-0.3, -0.25) is 4.79 Å². The maximum absolute atomic E-state index is 13.0. The Balaban J connectivity index is 0.00000196. The number of aromatic nitrogens is 2. The molecule has 1 unspecified atom stereocenters. The molecule has 1 aliphatic heterocycles. The van der Waals surface area contributed by atoms with E-state index in [1.807, 2.05) is 41.6 Å². The molecule has 0 aliphatic carbocycles. The molecule has 0 bridgehead atoms. The summed E-state index contributed by atoms with van der Waals surface area (Å²) in [4.78, 5) is 19.4. The summed E-state index contributed by atoms with van der Waals surface area (Å²) in [5.74, 6) is 2.38. The van der Waals surface area contributed by atoms with Crippen molar-refractivity contribution in [2.45, 2.75) is 38.8 Å². The number of aryl methyl sites for hydroxylation is 1. The number of piperazine rings is 1. The molecule has 1 amide bonds. The summed E-state index contributed by atoms with van der Waals surface area (Å²) in [7, 11) is 1.67. The van der Waals surface area contributed by atoms with Gasteiger partial charge in [0.2, 0.25) is 5.91 Å². The van der Waals surface area contributed by atoms with Crippen molar-refractivity contribution in [2.24, 2.45) is 0 Å². The maximum atomic E-state index is 13.0. The lowest BCUT2D eigenvalue weighted by Gasteiger charge is -2.37. The van der Waals surface area contributed by atoms with Gasteiger partial charge in [0, 0.05) is 56.5 Å². The lowest BCUT2D eigenvalue weighted by Crippen LogP contribution is -2.49. The average Bonchev–Trinajstić information content (AvgIpc) is 3.15. The molecule has 8 heteroatoms. The van der Waals surface area contributed by atoms with Crippen LogP contribution in [0, 0.1) is 0 Å². The van der Waals surface area contributed by atoms with Crippen molar-refractivity contribution in [3.8, 4) is 5.75 Å². The molecule has 0 saturated carbocycles. The predicted molar refractivity (Wildman–Crippen MR) is 116 cm³/mol. The van der Waals surface area contributed by atoms with Gasteiger partial charge in [-0.15, -0.1) is 24.8 Å². The molecule has 3 rings (SSSR count). The smallest absolute Gasteiger partial charge is 0.224 e. The number of nitrogens with one attached hydrogen (secondary N) is 1. The first-order valence-corrected chi connectivity index (χ1v) is 9.26. The Bertz CT molecular complexity index is 751. The highest BCUT2D eigenvalue weighted by Crippen LogP contribution is 2.30. The Morgan fingerprint density at radius 2 is 2.07 bits per heavy atom. The number of carbonyl (C=O) groups excluding carboxylic acids is 1. The van der Waals surface area contributed by atoms with E-state index in [0.29, 0.717) is 25.4 Å². The van der Waals surface area contributed by atoms with Gasteiger partial charge < -0.3 is 19.5 Å². The van der Waals surface area contributed by atoms with Gasteiger partial charge in [-0.1, -0.05) is 32.0 Å². The zero-order chi connectivity index (χ0) is 18.5. The highest BCUT2D eigenvalue weighted by Gasteiger charge is 2.29.